The molecule has 2 fully saturated rings. The molecule has 4 atom stereocenters. The summed E-state index contributed by atoms with van der Waals surface area (Å²) < 4.78 is 27.7. The van der Waals surface area contributed by atoms with E-state index in [1.54, 1.807) is 12.1 Å². The molecule has 1 saturated carbocycles. The zero-order chi connectivity index (χ0) is 20.5. The van der Waals surface area contributed by atoms with Gasteiger partial charge in [0.1, 0.15) is 4.21 Å². The molecule has 1 aliphatic carbocycles. The number of carbonyl (C=O) groups is 1. The fraction of sp³-hybridized carbons (Fsp3) is 0.737. The van der Waals surface area contributed by atoms with E-state index in [0.717, 1.165) is 24.2 Å². The van der Waals surface area contributed by atoms with Crippen molar-refractivity contribution in [1.29, 1.82) is 0 Å². The Morgan fingerprint density at radius 1 is 1.21 bits per heavy atom. The molecule has 1 aliphatic heterocycles. The van der Waals surface area contributed by atoms with E-state index in [1.807, 2.05) is 6.92 Å². The van der Waals surface area contributed by atoms with Crippen LogP contribution in [-0.2, 0) is 14.8 Å². The number of halogens is 1. The zero-order valence-electron chi connectivity index (χ0n) is 16.7. The molecule has 0 bridgehead atoms. The number of rotatable bonds is 5. The summed E-state index contributed by atoms with van der Waals surface area (Å²) in [6.07, 6.45) is 3.43. The standard InChI is InChI=1S/C19H30ClN3O3S2/c1-13-5-4-6-16(14(13)2)21-19(24)15(3)22-9-11-23(12-10-22)28(25,26)18-8-7-17(20)27-18/h7-8,13-16H,4-6,9-12H2,1-3H3,(H,21,24)/t13-,14+,15-,16+/m1/s1. The lowest BCUT2D eigenvalue weighted by Gasteiger charge is -2.39. The van der Waals surface area contributed by atoms with Crippen LogP contribution in [0.2, 0.25) is 4.34 Å². The van der Waals surface area contributed by atoms with E-state index in [0.29, 0.717) is 42.4 Å². The van der Waals surface area contributed by atoms with Gasteiger partial charge in [-0.15, -0.1) is 11.3 Å². The lowest BCUT2D eigenvalue weighted by molar-refractivity contribution is -0.127. The molecular weight excluding hydrogens is 418 g/mol. The van der Waals surface area contributed by atoms with Gasteiger partial charge in [-0.3, -0.25) is 9.69 Å². The molecule has 9 heteroatoms. The largest absolute Gasteiger partial charge is 0.352 e. The Labute approximate surface area is 177 Å². The predicted octanol–water partition coefficient (Wildman–Crippen LogP) is 3.04. The van der Waals surface area contributed by atoms with Gasteiger partial charge in [0, 0.05) is 32.2 Å². The topological polar surface area (TPSA) is 69.7 Å². The van der Waals surface area contributed by atoms with Crippen molar-refractivity contribution in [1.82, 2.24) is 14.5 Å². The van der Waals surface area contributed by atoms with Gasteiger partial charge in [-0.05, 0) is 37.3 Å². The molecule has 3 rings (SSSR count). The highest BCUT2D eigenvalue weighted by atomic mass is 35.5. The van der Waals surface area contributed by atoms with Crippen LogP contribution in [0, 0.1) is 11.8 Å². The Bertz CT molecular complexity index is 790. The fourth-order valence-corrected chi connectivity index (χ4v) is 7.21. The molecule has 2 heterocycles. The van der Waals surface area contributed by atoms with Crippen molar-refractivity contribution in [3.8, 4) is 0 Å². The number of nitrogens with one attached hydrogen (secondary N) is 1. The Kier molecular flexibility index (Phi) is 7.08. The normalized spacial score (nSPS) is 28.8. The molecular formula is C19H30ClN3O3S2. The molecule has 2 aliphatic rings. The summed E-state index contributed by atoms with van der Waals surface area (Å²) in [6.45, 7) is 8.24. The third-order valence-corrected chi connectivity index (χ3v) is 9.97. The van der Waals surface area contributed by atoms with Crippen LogP contribution in [0.4, 0.5) is 0 Å². The van der Waals surface area contributed by atoms with E-state index >= 15 is 0 Å². The van der Waals surface area contributed by atoms with E-state index in [2.05, 4.69) is 24.1 Å². The molecule has 1 saturated heterocycles. The second kappa shape index (κ2) is 9.00. The smallest absolute Gasteiger partial charge is 0.252 e. The first-order valence-corrected chi connectivity index (χ1v) is 12.6. The summed E-state index contributed by atoms with van der Waals surface area (Å²) in [4.78, 5) is 14.8. The van der Waals surface area contributed by atoms with Gasteiger partial charge in [0.05, 0.1) is 10.4 Å². The van der Waals surface area contributed by atoms with Crippen molar-refractivity contribution in [2.75, 3.05) is 26.2 Å². The van der Waals surface area contributed by atoms with Crippen LogP contribution >= 0.6 is 22.9 Å². The van der Waals surface area contributed by atoms with E-state index in [-0.39, 0.29) is 22.2 Å². The van der Waals surface area contributed by atoms with Crippen molar-refractivity contribution < 1.29 is 13.2 Å². The van der Waals surface area contributed by atoms with Crippen molar-refractivity contribution >= 4 is 38.9 Å². The zero-order valence-corrected chi connectivity index (χ0v) is 19.1. The van der Waals surface area contributed by atoms with E-state index in [4.69, 9.17) is 11.6 Å². The Balaban J connectivity index is 1.54. The average molecular weight is 448 g/mol. The monoisotopic (exact) mass is 447 g/mol. The number of amides is 1. The molecule has 0 spiro atoms. The molecule has 1 aromatic rings. The highest BCUT2D eigenvalue weighted by Crippen LogP contribution is 2.30. The SMILES string of the molecule is C[C@H]1[C@H](C)CCC[C@@H]1NC(=O)[C@@H](C)N1CCN(S(=O)(=O)c2ccc(Cl)s2)CC1. The fourth-order valence-electron chi connectivity index (χ4n) is 4.15. The van der Waals surface area contributed by atoms with E-state index < -0.39 is 10.0 Å². The van der Waals surface area contributed by atoms with Gasteiger partial charge < -0.3 is 5.32 Å². The molecule has 28 heavy (non-hydrogen) atoms. The first-order valence-electron chi connectivity index (χ1n) is 10.00. The van der Waals surface area contributed by atoms with Crippen LogP contribution in [0.25, 0.3) is 0 Å². The molecule has 6 nitrogen and oxygen atoms in total. The minimum atomic E-state index is -3.51. The summed E-state index contributed by atoms with van der Waals surface area (Å²) in [7, 11) is -3.51. The predicted molar refractivity (Wildman–Crippen MR) is 113 cm³/mol. The summed E-state index contributed by atoms with van der Waals surface area (Å²) in [6, 6.07) is 3.14. The summed E-state index contributed by atoms with van der Waals surface area (Å²) >= 11 is 6.97. The van der Waals surface area contributed by atoms with Crippen LogP contribution in [0.1, 0.15) is 40.0 Å². The highest BCUT2D eigenvalue weighted by Gasteiger charge is 2.34. The van der Waals surface area contributed by atoms with E-state index in [9.17, 15) is 13.2 Å². The number of piperazine rings is 1. The van der Waals surface area contributed by atoms with Gasteiger partial charge in [-0.25, -0.2) is 8.42 Å². The first kappa shape index (κ1) is 22.0. The number of thiophene rings is 1. The number of hydrogen-bond acceptors (Lipinski definition) is 5. The summed E-state index contributed by atoms with van der Waals surface area (Å²) in [5.74, 6) is 1.17. The Morgan fingerprint density at radius 3 is 2.50 bits per heavy atom. The van der Waals surface area contributed by atoms with Crippen LogP contribution < -0.4 is 5.32 Å². The second-order valence-corrected chi connectivity index (χ2v) is 11.9. The Hall–Kier alpha value is -0.670. The van der Waals surface area contributed by atoms with Gasteiger partial charge in [0.2, 0.25) is 5.91 Å². The maximum atomic E-state index is 12.8. The van der Waals surface area contributed by atoms with E-state index in [1.165, 1.54) is 10.7 Å². The van der Waals surface area contributed by atoms with Crippen LogP contribution in [0.15, 0.2) is 16.3 Å². The number of hydrogen-bond donors (Lipinski definition) is 1. The molecule has 0 aromatic carbocycles. The minimum Gasteiger partial charge on any atom is -0.352 e. The quantitative estimate of drug-likeness (QED) is 0.753. The van der Waals surface area contributed by atoms with Crippen LogP contribution in [0.5, 0.6) is 0 Å². The maximum Gasteiger partial charge on any atom is 0.252 e. The third-order valence-electron chi connectivity index (χ3n) is 6.38. The lowest BCUT2D eigenvalue weighted by Crippen LogP contribution is -2.56. The van der Waals surface area contributed by atoms with Crippen molar-refractivity contribution in [2.45, 2.75) is 56.3 Å². The van der Waals surface area contributed by atoms with Crippen LogP contribution in [0.3, 0.4) is 0 Å². The highest BCUT2D eigenvalue weighted by molar-refractivity contribution is 7.91. The molecule has 0 radical (unpaired) electrons. The van der Waals surface area contributed by atoms with Crippen LogP contribution in [-0.4, -0.2) is 61.8 Å². The van der Waals surface area contributed by atoms with Gasteiger partial charge in [0.15, 0.2) is 0 Å². The van der Waals surface area contributed by atoms with Gasteiger partial charge in [-0.1, -0.05) is 38.3 Å². The molecule has 158 valence electrons. The number of nitrogens with zero attached hydrogens (tertiary/aromatic N) is 2. The summed E-state index contributed by atoms with van der Waals surface area (Å²) in [5, 5.41) is 3.24. The minimum absolute atomic E-state index is 0.0484. The van der Waals surface area contributed by atoms with Crippen molar-refractivity contribution in [3.05, 3.63) is 16.5 Å². The number of carbonyl (C=O) groups excluding carboxylic acids is 1. The Morgan fingerprint density at radius 2 is 1.89 bits per heavy atom. The first-order chi connectivity index (χ1) is 13.2. The molecule has 1 N–H and O–H groups in total. The van der Waals surface area contributed by atoms with Gasteiger partial charge in [-0.2, -0.15) is 4.31 Å². The lowest BCUT2D eigenvalue weighted by atomic mass is 9.78. The molecule has 0 unspecified atom stereocenters. The van der Waals surface area contributed by atoms with Crippen molar-refractivity contribution in [2.24, 2.45) is 11.8 Å². The molecule has 1 amide bonds. The van der Waals surface area contributed by atoms with Crippen molar-refractivity contribution in [3.63, 3.8) is 0 Å². The number of sulfonamides is 1. The average Bonchev–Trinajstić information content (AvgIpc) is 3.12. The van der Waals surface area contributed by atoms with Gasteiger partial charge >= 0.3 is 0 Å². The van der Waals surface area contributed by atoms with Gasteiger partial charge in [0.25, 0.3) is 10.0 Å². The second-order valence-electron chi connectivity index (χ2n) is 8.06. The third kappa shape index (κ3) is 4.73. The maximum absolute atomic E-state index is 12.8. The molecule has 1 aromatic heterocycles. The summed E-state index contributed by atoms with van der Waals surface area (Å²) in [5.41, 5.74) is 0.